The third-order valence-electron chi connectivity index (χ3n) is 22.2. The zero-order valence-electron chi connectivity index (χ0n) is 77.3. The molecule has 2 rings (SSSR count). The van der Waals surface area contributed by atoms with Crippen LogP contribution in [0, 0.1) is 41.4 Å². The molecule has 14 atom stereocenters. The van der Waals surface area contributed by atoms with Gasteiger partial charge in [0.05, 0.1) is 19.2 Å². The first-order valence-electron chi connectivity index (χ1n) is 42.2. The highest BCUT2D eigenvalue weighted by molar-refractivity contribution is 6.30. The van der Waals surface area contributed by atoms with Crippen LogP contribution in [-0.4, -0.2) is 225 Å². The smallest absolute Gasteiger partial charge is 0.328 e. The monoisotopic (exact) mass is 1750 g/mol. The van der Waals surface area contributed by atoms with Gasteiger partial charge in [-0.1, -0.05) is 172 Å². The van der Waals surface area contributed by atoms with Crippen LogP contribution in [0.4, 0.5) is 0 Å². The molecule has 0 fully saturated rings. The lowest BCUT2D eigenvalue weighted by Crippen LogP contribution is -2.59. The number of nitrogens with one attached hydrogen (secondary N) is 8. The van der Waals surface area contributed by atoms with Gasteiger partial charge < -0.3 is 77.5 Å². The SMILES string of the molecule is C/C=C(\C)C[C@@H](C)[C@@H](C)C/C=C(\C)C(=O)N[C@H](CC(C)C)C(=O)N[C@@H](C)C(=O)N(C)[C@H](Cc1ccc(Cl)cc1)C(=O)N(C)CC(=O)NC(C(=O)NC(C)(C)C(=O)O)[C@@H](C)CC.C/C=C(\C)C[C@@H](C)[C@@H](O)C/C=C(\C)C(=O)N[C@H](CC(C)C)C(=O)N[C@@H](C)C(=O)N(C)[C@H](Cc1ccc(Cl)cc1)C(=O)N(C)CC(=O)NC(C(=O)NC(C)(C)C(=O)O)[C@@H](C)CC. The molecule has 0 spiro atoms. The van der Waals surface area contributed by atoms with Crippen molar-refractivity contribution in [2.75, 3.05) is 41.3 Å². The number of allylic oxidation sites excluding steroid dienone is 5. The van der Waals surface area contributed by atoms with Crippen molar-refractivity contribution in [1.29, 1.82) is 0 Å². The number of aliphatic hydroxyl groups is 1. The van der Waals surface area contributed by atoms with Gasteiger partial charge in [0.1, 0.15) is 59.4 Å². The van der Waals surface area contributed by atoms with E-state index in [9.17, 15) is 82.4 Å². The number of aliphatic carboxylic acids is 2. The Kier molecular flexibility index (Phi) is 47.9. The number of aliphatic hydroxyl groups excluding tert-OH is 1. The summed E-state index contributed by atoms with van der Waals surface area (Å²) in [5.74, 6) is -9.63. The van der Waals surface area contributed by atoms with E-state index in [2.05, 4.69) is 69.4 Å². The predicted molar refractivity (Wildman–Crippen MR) is 478 cm³/mol. The van der Waals surface area contributed by atoms with Crippen LogP contribution in [0.1, 0.15) is 222 Å². The van der Waals surface area contributed by atoms with Gasteiger partial charge in [-0.25, -0.2) is 9.59 Å². The van der Waals surface area contributed by atoms with Crippen LogP contribution in [-0.2, 0) is 80.0 Å². The molecule has 31 heteroatoms. The van der Waals surface area contributed by atoms with Gasteiger partial charge in [0, 0.05) is 62.2 Å². The first-order chi connectivity index (χ1) is 56.5. The van der Waals surface area contributed by atoms with E-state index in [0.29, 0.717) is 69.8 Å². The minimum Gasteiger partial charge on any atom is -0.480 e. The van der Waals surface area contributed by atoms with Gasteiger partial charge in [-0.05, 0) is 198 Å². The molecule has 684 valence electrons. The van der Waals surface area contributed by atoms with Crippen molar-refractivity contribution >= 4 is 106 Å². The lowest BCUT2D eigenvalue weighted by molar-refractivity contribution is -0.147. The molecule has 12 amide bonds. The summed E-state index contributed by atoms with van der Waals surface area (Å²) in [7, 11) is 5.64. The number of nitrogens with zero attached hydrogens (tertiary/aromatic N) is 4. The molecule has 2 aromatic rings. The summed E-state index contributed by atoms with van der Waals surface area (Å²) in [4.78, 5) is 191. The molecule has 29 nitrogen and oxygen atoms in total. The molecule has 122 heavy (non-hydrogen) atoms. The van der Waals surface area contributed by atoms with E-state index >= 15 is 0 Å². The summed E-state index contributed by atoms with van der Waals surface area (Å²) in [6.07, 6.45) is 11.3. The summed E-state index contributed by atoms with van der Waals surface area (Å²) in [5.41, 5.74) is 1.44. The lowest BCUT2D eigenvalue weighted by Gasteiger charge is -2.33. The number of likely N-dealkylation sites (N-methyl/N-ethyl adjacent to an activating group) is 4. The standard InChI is InChI=1S/C46H73ClN6O8.C45H71ClN6O9/c1-15-28(5)24-32(9)30(7)17-18-31(8)40(55)49-36(23-27(3)4)41(56)48-33(10)43(58)53(14)37(25-34-19-21-35(47)22-20-34)44(59)52(13)26-38(54)50-39(29(6)16-2)42(57)51-46(11,12)45(60)61;1-14-27(5)23-30(8)36(53)21-16-29(7)39(55)48-34(22-26(3)4)40(56)47-31(9)42(58)52(13)35(24-32-17-19-33(46)20-18-32)43(59)51(12)25-37(54)49-38(28(6)15-2)41(57)50-45(10,11)44(60)61/h15,18-22,27,29-30,32-33,36-37,39H,16-17,23-26H2,1-14H3,(H,48,56)(H,49,55)(H,50,54)(H,51,57)(H,60,61);14,16-20,26,28,30-31,34-36,38,53H,15,21-25H2,1-13H3,(H,47,56)(H,48,55)(H,49,54)(H,50,57)(H,60,61)/b28-15+,31-18+;27-14+,29-16+/t29-,30-,32+,33-,36+,37+,39?;28-,30+,31-,34+,35+,36-,38?/m00/s1. The third kappa shape index (κ3) is 38.1. The van der Waals surface area contributed by atoms with E-state index in [1.54, 1.807) is 82.3 Å². The van der Waals surface area contributed by atoms with Gasteiger partial charge >= 0.3 is 11.9 Å². The number of hydrogen-bond donors (Lipinski definition) is 11. The molecular weight excluding hydrogens is 1600 g/mol. The minimum atomic E-state index is -1.60. The van der Waals surface area contributed by atoms with E-state index in [1.807, 2.05) is 81.4 Å². The molecule has 2 aromatic carbocycles. The normalized spacial score (nSPS) is 15.6. The Balaban J connectivity index is 0.00000122. The Morgan fingerprint density at radius 2 is 0.754 bits per heavy atom. The molecule has 0 heterocycles. The highest BCUT2D eigenvalue weighted by atomic mass is 35.5. The number of hydrogen-bond acceptors (Lipinski definition) is 15. The van der Waals surface area contributed by atoms with Gasteiger partial charge in [0.2, 0.25) is 70.9 Å². The Labute approximate surface area is 734 Å². The molecule has 0 saturated carbocycles. The molecule has 0 aromatic heterocycles. The summed E-state index contributed by atoms with van der Waals surface area (Å²) in [6, 6.07) is 4.77. The molecule has 0 aliphatic rings. The van der Waals surface area contributed by atoms with Crippen LogP contribution >= 0.6 is 23.2 Å². The fourth-order valence-electron chi connectivity index (χ4n) is 12.8. The number of carboxylic acids is 2. The van der Waals surface area contributed by atoms with Crippen LogP contribution < -0.4 is 42.5 Å². The fraction of sp³-hybridized carbons (Fsp3) is 0.626. The first-order valence-corrected chi connectivity index (χ1v) is 43.0. The van der Waals surface area contributed by atoms with Crippen LogP contribution in [0.25, 0.3) is 0 Å². The van der Waals surface area contributed by atoms with E-state index < -0.39 is 156 Å². The number of carbonyl (C=O) groups is 14. The average Bonchev–Trinajstić information content (AvgIpc) is 0.821. The maximum atomic E-state index is 14.2. The molecule has 0 bridgehead atoms. The number of carbonyl (C=O) groups excluding carboxylic acids is 12. The number of rotatable bonds is 48. The van der Waals surface area contributed by atoms with E-state index in [4.69, 9.17) is 23.2 Å². The van der Waals surface area contributed by atoms with Gasteiger partial charge in [-0.3, -0.25) is 57.5 Å². The summed E-state index contributed by atoms with van der Waals surface area (Å²) < 4.78 is 0. The van der Waals surface area contributed by atoms with Crippen molar-refractivity contribution in [3.63, 3.8) is 0 Å². The highest BCUT2D eigenvalue weighted by Gasteiger charge is 2.40. The van der Waals surface area contributed by atoms with Gasteiger partial charge in [-0.15, -0.1) is 0 Å². The Bertz CT molecular complexity index is 3740. The topological polar surface area (TPSA) is 409 Å². The van der Waals surface area contributed by atoms with Gasteiger partial charge in [0.25, 0.3) is 0 Å². The van der Waals surface area contributed by atoms with Crippen molar-refractivity contribution in [2.45, 2.75) is 289 Å². The van der Waals surface area contributed by atoms with E-state index in [-0.39, 0.29) is 61.2 Å². The molecular formula is C91H144Cl2N12O17. The summed E-state index contributed by atoms with van der Waals surface area (Å²) in [5, 5.41) is 51.9. The Morgan fingerprint density at radius 1 is 0.434 bits per heavy atom. The second kappa shape index (κ2) is 52.9. The zero-order valence-corrected chi connectivity index (χ0v) is 78.8. The lowest BCUT2D eigenvalue weighted by atomic mass is 9.87. The van der Waals surface area contributed by atoms with Crippen LogP contribution in [0.2, 0.25) is 10.0 Å². The second-order valence-electron chi connectivity index (χ2n) is 34.9. The minimum absolute atomic E-state index is 0.00732. The van der Waals surface area contributed by atoms with Gasteiger partial charge in [-0.2, -0.15) is 0 Å². The van der Waals surface area contributed by atoms with Crippen molar-refractivity contribution in [1.82, 2.24) is 62.1 Å². The number of carboxylic acid groups (broad SMARTS) is 2. The Hall–Kier alpha value is -9.48. The van der Waals surface area contributed by atoms with Gasteiger partial charge in [0.15, 0.2) is 0 Å². The molecule has 0 radical (unpaired) electrons. The van der Waals surface area contributed by atoms with Crippen molar-refractivity contribution in [3.05, 3.63) is 116 Å². The number of halogens is 2. The third-order valence-corrected chi connectivity index (χ3v) is 22.7. The molecule has 0 aliphatic carbocycles. The van der Waals surface area contributed by atoms with E-state index in [1.165, 1.54) is 85.1 Å². The fourth-order valence-corrected chi connectivity index (χ4v) is 13.1. The maximum absolute atomic E-state index is 14.2. The van der Waals surface area contributed by atoms with Crippen molar-refractivity contribution in [2.24, 2.45) is 41.4 Å². The predicted octanol–water partition coefficient (Wildman–Crippen LogP) is 10.1. The van der Waals surface area contributed by atoms with Crippen molar-refractivity contribution in [3.8, 4) is 0 Å². The van der Waals surface area contributed by atoms with Crippen LogP contribution in [0.3, 0.4) is 0 Å². The van der Waals surface area contributed by atoms with Crippen LogP contribution in [0.15, 0.2) is 95.1 Å². The molecule has 11 N–H and O–H groups in total. The molecule has 0 saturated heterocycles. The summed E-state index contributed by atoms with van der Waals surface area (Å²) in [6.45, 7) is 39.8. The maximum Gasteiger partial charge on any atom is 0.328 e. The Morgan fingerprint density at radius 3 is 1.06 bits per heavy atom. The number of amides is 12. The molecule has 0 aliphatic heterocycles. The zero-order chi connectivity index (χ0) is 93.9. The number of benzene rings is 2. The first kappa shape index (κ1) is 111. The highest BCUT2D eigenvalue weighted by Crippen LogP contribution is 2.26. The molecule has 2 unspecified atom stereocenters. The quantitative estimate of drug-likeness (QED) is 0.0217. The van der Waals surface area contributed by atoms with Crippen LogP contribution in [0.5, 0.6) is 0 Å². The average molecular weight is 1750 g/mol. The second-order valence-corrected chi connectivity index (χ2v) is 35.7. The van der Waals surface area contributed by atoms with Crippen molar-refractivity contribution < 1.29 is 82.4 Å². The largest absolute Gasteiger partial charge is 0.480 e. The summed E-state index contributed by atoms with van der Waals surface area (Å²) >= 11 is 12.2. The van der Waals surface area contributed by atoms with E-state index in [0.717, 1.165) is 28.2 Å².